The fourth-order valence-corrected chi connectivity index (χ4v) is 4.68. The maximum absolute atomic E-state index is 10.4. The lowest BCUT2D eigenvalue weighted by molar-refractivity contribution is -0.137. The number of hydrogen-bond donors (Lipinski definition) is 1. The predicted octanol–water partition coefficient (Wildman–Crippen LogP) is 4.13. The second-order valence-corrected chi connectivity index (χ2v) is 7.37. The Hall–Kier alpha value is -0.480. The molecule has 21 heavy (non-hydrogen) atoms. The Kier molecular flexibility index (Phi) is 7.65. The van der Waals surface area contributed by atoms with Gasteiger partial charge in [0.2, 0.25) is 0 Å². The number of carboxylic acids is 1. The van der Waals surface area contributed by atoms with Gasteiger partial charge in [-0.15, -0.1) is 0 Å². The van der Waals surface area contributed by atoms with E-state index >= 15 is 0 Å². The second kappa shape index (κ2) is 9.52. The van der Waals surface area contributed by atoms with E-state index in [0.717, 1.165) is 31.8 Å². The van der Waals surface area contributed by atoms with Crippen LogP contribution in [0.2, 0.25) is 0 Å². The smallest absolute Gasteiger partial charge is 0.303 e. The molecule has 120 valence electrons. The summed E-state index contributed by atoms with van der Waals surface area (Å²) in [4.78, 5) is 10.4. The first-order valence-corrected chi connectivity index (χ1v) is 9.47. The van der Waals surface area contributed by atoms with Crippen LogP contribution in [0.25, 0.3) is 0 Å². The van der Waals surface area contributed by atoms with Crippen LogP contribution >= 0.6 is 11.8 Å². The lowest BCUT2D eigenvalue weighted by Gasteiger charge is -2.20. The molecule has 0 aromatic rings. The molecule has 2 fully saturated rings. The van der Waals surface area contributed by atoms with E-state index in [2.05, 4.69) is 23.9 Å². The Morgan fingerprint density at radius 3 is 2.71 bits per heavy atom. The van der Waals surface area contributed by atoms with E-state index < -0.39 is 5.97 Å². The number of carboxylic acid groups (broad SMARTS) is 1. The molecule has 1 heterocycles. The molecule has 2 rings (SSSR count). The quantitative estimate of drug-likeness (QED) is 0.514. The number of ether oxygens (including phenoxy) is 1. The average Bonchev–Trinajstić information content (AvgIpc) is 3.11. The first kappa shape index (κ1) is 16.9. The summed E-state index contributed by atoms with van der Waals surface area (Å²) in [6.45, 7) is 0.940. The van der Waals surface area contributed by atoms with Crippen LogP contribution in [-0.2, 0) is 9.53 Å². The van der Waals surface area contributed by atoms with Crippen LogP contribution in [0.1, 0.15) is 51.4 Å². The molecular formula is C17H28O3S. The Bertz CT molecular complexity index is 337. The van der Waals surface area contributed by atoms with Crippen molar-refractivity contribution in [3.63, 3.8) is 0 Å². The van der Waals surface area contributed by atoms with Gasteiger partial charge in [-0.3, -0.25) is 4.79 Å². The highest BCUT2D eigenvalue weighted by Crippen LogP contribution is 2.34. The van der Waals surface area contributed by atoms with Gasteiger partial charge in [0.15, 0.2) is 0 Å². The lowest BCUT2D eigenvalue weighted by atomic mass is 9.93. The summed E-state index contributed by atoms with van der Waals surface area (Å²) in [5, 5.41) is 8.59. The summed E-state index contributed by atoms with van der Waals surface area (Å²) in [5.74, 6) is 3.24. The average molecular weight is 312 g/mol. The van der Waals surface area contributed by atoms with Gasteiger partial charge in [0.05, 0.1) is 12.7 Å². The van der Waals surface area contributed by atoms with E-state index in [1.165, 1.54) is 37.2 Å². The molecular weight excluding hydrogens is 284 g/mol. The van der Waals surface area contributed by atoms with Crippen molar-refractivity contribution < 1.29 is 14.6 Å². The summed E-state index contributed by atoms with van der Waals surface area (Å²) >= 11 is 2.05. The molecule has 1 aliphatic carbocycles. The summed E-state index contributed by atoms with van der Waals surface area (Å²) < 4.78 is 6.09. The molecule has 3 nitrogen and oxygen atoms in total. The summed E-state index contributed by atoms with van der Waals surface area (Å²) in [7, 11) is 0. The Labute approximate surface area is 132 Å². The van der Waals surface area contributed by atoms with Crippen molar-refractivity contribution in [1.29, 1.82) is 0 Å². The van der Waals surface area contributed by atoms with Crippen LogP contribution < -0.4 is 0 Å². The molecule has 1 aliphatic heterocycles. The maximum atomic E-state index is 10.4. The zero-order valence-electron chi connectivity index (χ0n) is 12.8. The first-order valence-electron chi connectivity index (χ1n) is 8.32. The third-order valence-corrected chi connectivity index (χ3v) is 5.87. The van der Waals surface area contributed by atoms with Gasteiger partial charge in [0, 0.05) is 6.42 Å². The van der Waals surface area contributed by atoms with Crippen molar-refractivity contribution in [3.8, 4) is 0 Å². The molecule has 0 amide bonds. The van der Waals surface area contributed by atoms with Crippen LogP contribution in [0.5, 0.6) is 0 Å². The van der Waals surface area contributed by atoms with Gasteiger partial charge in [-0.05, 0) is 55.4 Å². The topological polar surface area (TPSA) is 46.5 Å². The number of carbonyl (C=O) groups is 1. The van der Waals surface area contributed by atoms with Crippen molar-refractivity contribution in [2.45, 2.75) is 57.5 Å². The molecule has 2 aliphatic rings. The molecule has 0 aromatic carbocycles. The van der Waals surface area contributed by atoms with Crippen molar-refractivity contribution in [2.24, 2.45) is 11.8 Å². The summed E-state index contributed by atoms with van der Waals surface area (Å²) in [6, 6.07) is 0. The van der Waals surface area contributed by atoms with E-state index in [0.29, 0.717) is 12.0 Å². The van der Waals surface area contributed by atoms with Crippen molar-refractivity contribution in [2.75, 3.05) is 18.1 Å². The van der Waals surface area contributed by atoms with E-state index in [-0.39, 0.29) is 6.42 Å². The third kappa shape index (κ3) is 6.43. The number of unbranched alkanes of at least 4 members (excludes halogenated alkanes) is 1. The number of hydrogen-bond acceptors (Lipinski definition) is 3. The van der Waals surface area contributed by atoms with Crippen LogP contribution in [-0.4, -0.2) is 35.3 Å². The number of rotatable bonds is 9. The van der Waals surface area contributed by atoms with E-state index in [1.54, 1.807) is 0 Å². The lowest BCUT2D eigenvalue weighted by Crippen LogP contribution is -2.21. The standard InChI is InChI=1S/C17H28O3S/c18-17(19)10-4-2-1-3-7-14-12-21-13-15(14)11-20-16-8-5-6-9-16/h1,3,14-16H,2,4-13H2,(H,18,19)/t14-,15-/m0/s1. The van der Waals surface area contributed by atoms with Crippen LogP contribution in [0.15, 0.2) is 12.2 Å². The highest BCUT2D eigenvalue weighted by Gasteiger charge is 2.28. The monoisotopic (exact) mass is 312 g/mol. The largest absolute Gasteiger partial charge is 0.481 e. The Morgan fingerprint density at radius 2 is 1.95 bits per heavy atom. The Balaban J connectivity index is 1.59. The predicted molar refractivity (Wildman–Crippen MR) is 87.8 cm³/mol. The number of allylic oxidation sites excluding steroid dienone is 2. The molecule has 0 bridgehead atoms. The van der Waals surface area contributed by atoms with Crippen LogP contribution in [0.3, 0.4) is 0 Å². The summed E-state index contributed by atoms with van der Waals surface area (Å²) in [6.07, 6.45) is 13.2. The summed E-state index contributed by atoms with van der Waals surface area (Å²) in [5.41, 5.74) is 0. The molecule has 1 saturated heterocycles. The van der Waals surface area contributed by atoms with Gasteiger partial charge in [0.25, 0.3) is 0 Å². The van der Waals surface area contributed by atoms with Crippen LogP contribution in [0.4, 0.5) is 0 Å². The van der Waals surface area contributed by atoms with Crippen molar-refractivity contribution in [3.05, 3.63) is 12.2 Å². The molecule has 0 aromatic heterocycles. The molecule has 0 spiro atoms. The van der Waals surface area contributed by atoms with Gasteiger partial charge < -0.3 is 9.84 Å². The van der Waals surface area contributed by atoms with Crippen molar-refractivity contribution >= 4 is 17.7 Å². The minimum absolute atomic E-state index is 0.279. The maximum Gasteiger partial charge on any atom is 0.303 e. The fraction of sp³-hybridized carbons (Fsp3) is 0.824. The molecule has 1 saturated carbocycles. The first-order chi connectivity index (χ1) is 10.3. The number of aliphatic carboxylic acids is 1. The van der Waals surface area contributed by atoms with Gasteiger partial charge in [0.1, 0.15) is 0 Å². The minimum Gasteiger partial charge on any atom is -0.481 e. The van der Waals surface area contributed by atoms with Crippen molar-refractivity contribution in [1.82, 2.24) is 0 Å². The zero-order chi connectivity index (χ0) is 14.9. The second-order valence-electron chi connectivity index (χ2n) is 6.29. The Morgan fingerprint density at radius 1 is 1.19 bits per heavy atom. The normalized spacial score (nSPS) is 26.9. The third-order valence-electron chi connectivity index (χ3n) is 4.55. The van der Waals surface area contributed by atoms with E-state index in [4.69, 9.17) is 9.84 Å². The van der Waals surface area contributed by atoms with E-state index in [9.17, 15) is 4.79 Å². The highest BCUT2D eigenvalue weighted by atomic mass is 32.2. The molecule has 1 N–H and O–H groups in total. The molecule has 0 radical (unpaired) electrons. The molecule has 4 heteroatoms. The van der Waals surface area contributed by atoms with Gasteiger partial charge in [-0.25, -0.2) is 0 Å². The molecule has 0 unspecified atom stereocenters. The minimum atomic E-state index is -0.695. The van der Waals surface area contributed by atoms with Gasteiger partial charge in [-0.1, -0.05) is 25.0 Å². The molecule has 2 atom stereocenters. The van der Waals surface area contributed by atoms with Gasteiger partial charge >= 0.3 is 5.97 Å². The van der Waals surface area contributed by atoms with E-state index in [1.807, 2.05) is 0 Å². The number of thioether (sulfide) groups is 1. The SMILES string of the molecule is O=C(O)CCCC=CC[C@H]1CSC[C@@H]1COC1CCCC1. The van der Waals surface area contributed by atoms with Gasteiger partial charge in [-0.2, -0.15) is 11.8 Å². The highest BCUT2D eigenvalue weighted by molar-refractivity contribution is 7.99. The zero-order valence-corrected chi connectivity index (χ0v) is 13.7. The fourth-order valence-electron chi connectivity index (χ4n) is 3.16. The van der Waals surface area contributed by atoms with Crippen LogP contribution in [0, 0.1) is 11.8 Å².